The third kappa shape index (κ3) is 3.04. The molecule has 1 aromatic carbocycles. The maximum absolute atomic E-state index is 11.0. The maximum atomic E-state index is 11.0. The van der Waals surface area contributed by atoms with Crippen LogP contribution >= 0.6 is 0 Å². The lowest BCUT2D eigenvalue weighted by molar-refractivity contribution is -0.386. The average Bonchev–Trinajstić information content (AvgIpc) is 2.28. The van der Waals surface area contributed by atoms with Crippen LogP contribution in [0.3, 0.4) is 0 Å². The number of nitro groups is 1. The minimum Gasteiger partial charge on any atom is -0.502 e. The summed E-state index contributed by atoms with van der Waals surface area (Å²) in [4.78, 5) is 20.8. The molecule has 0 fully saturated rings. The standard InChI is InChI=1S/C11H11NO5/c1-3-11(14)17-7(2)8-4-5-10(13)9(6-8)12(15)16/h3-7,13H,1H2,2H3. The van der Waals surface area contributed by atoms with Crippen molar-refractivity contribution in [2.45, 2.75) is 13.0 Å². The van der Waals surface area contributed by atoms with Gasteiger partial charge in [0.15, 0.2) is 5.75 Å². The van der Waals surface area contributed by atoms with Gasteiger partial charge in [0, 0.05) is 12.1 Å². The smallest absolute Gasteiger partial charge is 0.330 e. The van der Waals surface area contributed by atoms with Crippen LogP contribution in [0.1, 0.15) is 18.6 Å². The summed E-state index contributed by atoms with van der Waals surface area (Å²) in [5, 5.41) is 19.8. The number of hydrogen-bond donors (Lipinski definition) is 1. The van der Waals surface area contributed by atoms with Crippen molar-refractivity contribution in [1.82, 2.24) is 0 Å². The number of ether oxygens (including phenoxy) is 1. The van der Waals surface area contributed by atoms with E-state index in [0.29, 0.717) is 5.56 Å². The Hall–Kier alpha value is -2.37. The summed E-state index contributed by atoms with van der Waals surface area (Å²) in [5.41, 5.74) is -0.00583. The molecule has 6 nitrogen and oxygen atoms in total. The number of carbonyl (C=O) groups excluding carboxylic acids is 1. The van der Waals surface area contributed by atoms with Crippen molar-refractivity contribution in [2.24, 2.45) is 0 Å². The lowest BCUT2D eigenvalue weighted by Crippen LogP contribution is -2.06. The number of rotatable bonds is 4. The molecule has 0 aliphatic carbocycles. The fourth-order valence-electron chi connectivity index (χ4n) is 1.23. The van der Waals surface area contributed by atoms with Crippen molar-refractivity contribution in [3.8, 4) is 5.75 Å². The Kier molecular flexibility index (Phi) is 3.82. The summed E-state index contributed by atoms with van der Waals surface area (Å²) in [6.45, 7) is 4.81. The van der Waals surface area contributed by atoms with Gasteiger partial charge in [-0.1, -0.05) is 12.6 Å². The molecule has 0 saturated carbocycles. The zero-order chi connectivity index (χ0) is 13.0. The molecule has 90 valence electrons. The van der Waals surface area contributed by atoms with Crippen LogP contribution in [0.5, 0.6) is 5.75 Å². The monoisotopic (exact) mass is 237 g/mol. The van der Waals surface area contributed by atoms with Gasteiger partial charge < -0.3 is 9.84 Å². The third-order valence-electron chi connectivity index (χ3n) is 2.13. The van der Waals surface area contributed by atoms with Gasteiger partial charge in [-0.3, -0.25) is 10.1 Å². The summed E-state index contributed by atoms with van der Waals surface area (Å²) < 4.78 is 4.90. The van der Waals surface area contributed by atoms with Crippen molar-refractivity contribution in [1.29, 1.82) is 0 Å². The number of esters is 1. The Balaban J connectivity index is 2.99. The highest BCUT2D eigenvalue weighted by Crippen LogP contribution is 2.29. The van der Waals surface area contributed by atoms with E-state index in [1.165, 1.54) is 12.1 Å². The molecule has 6 heteroatoms. The van der Waals surface area contributed by atoms with Gasteiger partial charge in [-0.2, -0.15) is 0 Å². The van der Waals surface area contributed by atoms with Gasteiger partial charge in [0.05, 0.1) is 4.92 Å². The number of benzene rings is 1. The lowest BCUT2D eigenvalue weighted by atomic mass is 10.1. The van der Waals surface area contributed by atoms with E-state index in [1.54, 1.807) is 6.92 Å². The summed E-state index contributed by atoms with van der Waals surface area (Å²) in [6.07, 6.45) is 0.352. The molecule has 0 bridgehead atoms. The van der Waals surface area contributed by atoms with E-state index in [4.69, 9.17) is 4.74 Å². The molecule has 0 aromatic heterocycles. The molecule has 0 aliphatic rings. The number of phenolic OH excluding ortho intramolecular Hbond substituents is 1. The van der Waals surface area contributed by atoms with E-state index in [2.05, 4.69) is 6.58 Å². The minimum absolute atomic E-state index is 0.421. The van der Waals surface area contributed by atoms with Gasteiger partial charge in [0.2, 0.25) is 0 Å². The maximum Gasteiger partial charge on any atom is 0.330 e. The van der Waals surface area contributed by atoms with Crippen LogP contribution in [-0.2, 0) is 9.53 Å². The van der Waals surface area contributed by atoms with Gasteiger partial charge >= 0.3 is 11.7 Å². The number of aromatic hydroxyl groups is 1. The topological polar surface area (TPSA) is 89.7 Å². The summed E-state index contributed by atoms with van der Waals surface area (Å²) in [6, 6.07) is 3.80. The molecular weight excluding hydrogens is 226 g/mol. The van der Waals surface area contributed by atoms with E-state index < -0.39 is 28.4 Å². The first kappa shape index (κ1) is 12.7. The van der Waals surface area contributed by atoms with Crippen LogP contribution < -0.4 is 0 Å². The van der Waals surface area contributed by atoms with E-state index in [9.17, 15) is 20.0 Å². The highest BCUT2D eigenvalue weighted by atomic mass is 16.6. The second-order valence-electron chi connectivity index (χ2n) is 3.29. The molecule has 1 atom stereocenters. The van der Waals surface area contributed by atoms with Crippen molar-refractivity contribution in [3.63, 3.8) is 0 Å². The molecule has 1 rings (SSSR count). The normalized spacial score (nSPS) is 11.6. The Bertz CT molecular complexity index is 469. The lowest BCUT2D eigenvalue weighted by Gasteiger charge is -2.12. The molecule has 1 unspecified atom stereocenters. The summed E-state index contributed by atoms with van der Waals surface area (Å²) in [7, 11) is 0. The molecular formula is C11H11NO5. The number of hydrogen-bond acceptors (Lipinski definition) is 5. The molecule has 0 aliphatic heterocycles. The zero-order valence-corrected chi connectivity index (χ0v) is 9.12. The number of nitro benzene ring substituents is 1. The highest BCUT2D eigenvalue weighted by Gasteiger charge is 2.17. The third-order valence-corrected chi connectivity index (χ3v) is 2.13. The molecule has 0 amide bonds. The van der Waals surface area contributed by atoms with Crippen molar-refractivity contribution in [2.75, 3.05) is 0 Å². The largest absolute Gasteiger partial charge is 0.502 e. The Labute approximate surface area is 97.3 Å². The molecule has 0 heterocycles. The Morgan fingerprint density at radius 3 is 2.82 bits per heavy atom. The quantitative estimate of drug-likeness (QED) is 0.375. The van der Waals surface area contributed by atoms with Gasteiger partial charge in [0.25, 0.3) is 0 Å². The second kappa shape index (κ2) is 5.11. The summed E-state index contributed by atoms with van der Waals surface area (Å²) in [5.74, 6) is -1.05. The van der Waals surface area contributed by atoms with E-state index in [-0.39, 0.29) is 0 Å². The molecule has 0 saturated heterocycles. The minimum atomic E-state index is -0.707. The first-order valence-corrected chi connectivity index (χ1v) is 4.76. The molecule has 17 heavy (non-hydrogen) atoms. The molecule has 0 spiro atoms. The van der Waals surface area contributed by atoms with E-state index in [0.717, 1.165) is 12.1 Å². The van der Waals surface area contributed by atoms with Crippen LogP contribution in [0.4, 0.5) is 5.69 Å². The first-order valence-electron chi connectivity index (χ1n) is 4.76. The van der Waals surface area contributed by atoms with Gasteiger partial charge in [0.1, 0.15) is 6.10 Å². The van der Waals surface area contributed by atoms with Gasteiger partial charge in [-0.05, 0) is 18.6 Å². The highest BCUT2D eigenvalue weighted by molar-refractivity contribution is 5.81. The number of carbonyl (C=O) groups is 1. The Morgan fingerprint density at radius 2 is 2.29 bits per heavy atom. The van der Waals surface area contributed by atoms with Crippen LogP contribution in [0, 0.1) is 10.1 Å². The SMILES string of the molecule is C=CC(=O)OC(C)c1ccc(O)c([N+](=O)[O-])c1. The van der Waals surface area contributed by atoms with Gasteiger partial charge in [-0.25, -0.2) is 4.79 Å². The van der Waals surface area contributed by atoms with Gasteiger partial charge in [-0.15, -0.1) is 0 Å². The van der Waals surface area contributed by atoms with Crippen LogP contribution in [0.25, 0.3) is 0 Å². The van der Waals surface area contributed by atoms with Crippen molar-refractivity contribution >= 4 is 11.7 Å². The predicted octanol–water partition coefficient (Wildman–Crippen LogP) is 2.09. The first-order chi connectivity index (χ1) is 7.95. The van der Waals surface area contributed by atoms with Crippen LogP contribution in [0.2, 0.25) is 0 Å². The fourth-order valence-corrected chi connectivity index (χ4v) is 1.23. The average molecular weight is 237 g/mol. The van der Waals surface area contributed by atoms with Crippen LogP contribution in [0.15, 0.2) is 30.9 Å². The fraction of sp³-hybridized carbons (Fsp3) is 0.182. The molecule has 1 aromatic rings. The number of phenols is 1. The number of nitrogens with zero attached hydrogens (tertiary/aromatic N) is 1. The van der Waals surface area contributed by atoms with E-state index >= 15 is 0 Å². The summed E-state index contributed by atoms with van der Waals surface area (Å²) >= 11 is 0. The van der Waals surface area contributed by atoms with Crippen LogP contribution in [-0.4, -0.2) is 16.0 Å². The van der Waals surface area contributed by atoms with Crippen molar-refractivity contribution in [3.05, 3.63) is 46.5 Å². The second-order valence-corrected chi connectivity index (χ2v) is 3.29. The molecule has 1 N–H and O–H groups in total. The van der Waals surface area contributed by atoms with E-state index in [1.807, 2.05) is 0 Å². The van der Waals surface area contributed by atoms with Crippen molar-refractivity contribution < 1.29 is 19.6 Å². The zero-order valence-electron chi connectivity index (χ0n) is 9.12. The Morgan fingerprint density at radius 1 is 1.65 bits per heavy atom. The predicted molar refractivity (Wildman–Crippen MR) is 59.5 cm³/mol. The molecule has 0 radical (unpaired) electrons.